The predicted molar refractivity (Wildman–Crippen MR) is 77.7 cm³/mol. The van der Waals surface area contributed by atoms with Crippen LogP contribution in [0.25, 0.3) is 0 Å². The number of rotatable bonds is 6. The third-order valence-corrected chi connectivity index (χ3v) is 3.92. The number of carbonyl (C=O) groups excluding carboxylic acids is 1. The second kappa shape index (κ2) is 7.39. The Balaban J connectivity index is 2.07. The van der Waals surface area contributed by atoms with Crippen molar-refractivity contribution in [1.29, 1.82) is 0 Å². The van der Waals surface area contributed by atoms with E-state index >= 15 is 0 Å². The van der Waals surface area contributed by atoms with Crippen LogP contribution < -0.4 is 5.32 Å². The molecule has 1 N–H and O–H groups in total. The summed E-state index contributed by atoms with van der Waals surface area (Å²) < 4.78 is 13.3. The van der Waals surface area contributed by atoms with E-state index in [1.165, 1.54) is 25.0 Å². The van der Waals surface area contributed by atoms with Gasteiger partial charge in [-0.1, -0.05) is 25.0 Å². The molecule has 0 radical (unpaired) electrons. The van der Waals surface area contributed by atoms with Crippen molar-refractivity contribution < 1.29 is 9.18 Å². The minimum absolute atomic E-state index is 0.163. The Kier molecular flexibility index (Phi) is 5.53. The van der Waals surface area contributed by atoms with Crippen molar-refractivity contribution in [2.45, 2.75) is 44.7 Å². The molecule has 0 heterocycles. The smallest absolute Gasteiger partial charge is 0.224 e. The highest BCUT2D eigenvalue weighted by Gasteiger charge is 2.26. The summed E-state index contributed by atoms with van der Waals surface area (Å²) in [4.78, 5) is 14.3. The van der Waals surface area contributed by atoms with Gasteiger partial charge in [0.2, 0.25) is 5.91 Å². The lowest BCUT2D eigenvalue weighted by Crippen LogP contribution is -2.39. The molecule has 1 saturated carbocycles. The molecule has 0 saturated heterocycles. The summed E-state index contributed by atoms with van der Waals surface area (Å²) in [5.41, 5.74) is 0.870. The van der Waals surface area contributed by atoms with Gasteiger partial charge in [-0.2, -0.15) is 0 Å². The highest BCUT2D eigenvalue weighted by Crippen LogP contribution is 2.25. The van der Waals surface area contributed by atoms with E-state index in [1.807, 2.05) is 18.0 Å². The zero-order chi connectivity index (χ0) is 14.4. The van der Waals surface area contributed by atoms with Crippen molar-refractivity contribution in [3.8, 4) is 0 Å². The molecule has 0 unspecified atom stereocenters. The van der Waals surface area contributed by atoms with Crippen molar-refractivity contribution in [2.75, 3.05) is 13.6 Å². The van der Waals surface area contributed by atoms with Crippen LogP contribution in [0, 0.1) is 5.82 Å². The van der Waals surface area contributed by atoms with E-state index in [4.69, 9.17) is 0 Å². The Bertz CT molecular complexity index is 444. The maximum atomic E-state index is 13.3. The van der Waals surface area contributed by atoms with Gasteiger partial charge in [0.1, 0.15) is 5.82 Å². The first kappa shape index (κ1) is 15.0. The van der Waals surface area contributed by atoms with Crippen molar-refractivity contribution in [2.24, 2.45) is 0 Å². The first-order valence-electron chi connectivity index (χ1n) is 7.39. The third kappa shape index (κ3) is 4.04. The third-order valence-electron chi connectivity index (χ3n) is 3.92. The molecule has 0 aliphatic heterocycles. The van der Waals surface area contributed by atoms with E-state index in [0.717, 1.165) is 18.4 Å². The maximum absolute atomic E-state index is 13.3. The number of amides is 1. The molecule has 20 heavy (non-hydrogen) atoms. The second-order valence-electron chi connectivity index (χ2n) is 5.44. The first-order valence-corrected chi connectivity index (χ1v) is 7.39. The molecule has 0 aromatic heterocycles. The number of benzene rings is 1. The van der Waals surface area contributed by atoms with Gasteiger partial charge in [-0.15, -0.1) is 0 Å². The second-order valence-corrected chi connectivity index (χ2v) is 5.44. The van der Waals surface area contributed by atoms with Crippen LogP contribution in [0.3, 0.4) is 0 Å². The van der Waals surface area contributed by atoms with Crippen LogP contribution in [-0.2, 0) is 11.3 Å². The van der Waals surface area contributed by atoms with Crippen LogP contribution in [0.4, 0.5) is 4.39 Å². The lowest BCUT2D eigenvalue weighted by Gasteiger charge is -2.29. The molecule has 1 aliphatic rings. The molecule has 110 valence electrons. The average Bonchev–Trinajstić information content (AvgIpc) is 2.96. The van der Waals surface area contributed by atoms with Crippen molar-refractivity contribution in [3.05, 3.63) is 35.6 Å². The summed E-state index contributed by atoms with van der Waals surface area (Å²) in [6, 6.07) is 6.87. The van der Waals surface area contributed by atoms with Gasteiger partial charge in [-0.3, -0.25) is 4.79 Å². The fourth-order valence-electron chi connectivity index (χ4n) is 2.84. The summed E-state index contributed by atoms with van der Waals surface area (Å²) in [5, 5.41) is 3.01. The molecule has 4 heteroatoms. The highest BCUT2D eigenvalue weighted by atomic mass is 19.1. The van der Waals surface area contributed by atoms with Crippen LogP contribution in [0.15, 0.2) is 24.3 Å². The molecule has 2 rings (SSSR count). The fourth-order valence-corrected chi connectivity index (χ4v) is 2.84. The van der Waals surface area contributed by atoms with Crippen LogP contribution >= 0.6 is 0 Å². The average molecular weight is 278 g/mol. The summed E-state index contributed by atoms with van der Waals surface area (Å²) in [5.74, 6) is -0.0768. The normalized spacial score (nSPS) is 15.5. The molecule has 1 fully saturated rings. The number of nitrogens with zero attached hydrogens (tertiary/aromatic N) is 1. The molecule has 1 aromatic rings. The summed E-state index contributed by atoms with van der Waals surface area (Å²) in [6.45, 7) is 1.20. The van der Waals surface area contributed by atoms with Crippen molar-refractivity contribution >= 4 is 5.91 Å². The zero-order valence-electron chi connectivity index (χ0n) is 12.1. The van der Waals surface area contributed by atoms with E-state index in [9.17, 15) is 9.18 Å². The van der Waals surface area contributed by atoms with E-state index in [0.29, 0.717) is 25.6 Å². The Morgan fingerprint density at radius 1 is 1.40 bits per heavy atom. The maximum Gasteiger partial charge on any atom is 0.224 e. The molecule has 1 amide bonds. The number of hydrogen-bond donors (Lipinski definition) is 1. The van der Waals surface area contributed by atoms with Gasteiger partial charge in [-0.05, 0) is 37.6 Å². The zero-order valence-corrected chi connectivity index (χ0v) is 12.1. The molecule has 1 aliphatic carbocycles. The standard InChI is InChI=1S/C16H23FN2O/c1-18-10-9-16(20)19(15-7-2-3-8-15)12-13-5-4-6-14(17)11-13/h4-6,11,15,18H,2-3,7-10,12H2,1H3. The lowest BCUT2D eigenvalue weighted by atomic mass is 10.1. The lowest BCUT2D eigenvalue weighted by molar-refractivity contribution is -0.134. The van der Waals surface area contributed by atoms with Gasteiger partial charge in [0.05, 0.1) is 0 Å². The quantitative estimate of drug-likeness (QED) is 0.867. The van der Waals surface area contributed by atoms with Crippen molar-refractivity contribution in [3.63, 3.8) is 0 Å². The Morgan fingerprint density at radius 2 is 2.15 bits per heavy atom. The van der Waals surface area contributed by atoms with Gasteiger partial charge in [0, 0.05) is 25.6 Å². The number of nitrogens with one attached hydrogen (secondary N) is 1. The fraction of sp³-hybridized carbons (Fsp3) is 0.562. The Labute approximate surface area is 120 Å². The minimum Gasteiger partial charge on any atom is -0.335 e. The topological polar surface area (TPSA) is 32.3 Å². The number of halogens is 1. The first-order chi connectivity index (χ1) is 9.70. The van der Waals surface area contributed by atoms with E-state index in [1.54, 1.807) is 6.07 Å². The van der Waals surface area contributed by atoms with Crippen LogP contribution in [-0.4, -0.2) is 30.4 Å². The van der Waals surface area contributed by atoms with Gasteiger partial charge >= 0.3 is 0 Å². The van der Waals surface area contributed by atoms with E-state index < -0.39 is 0 Å². The molecule has 3 nitrogen and oxygen atoms in total. The van der Waals surface area contributed by atoms with Gasteiger partial charge < -0.3 is 10.2 Å². The largest absolute Gasteiger partial charge is 0.335 e. The van der Waals surface area contributed by atoms with Crippen LogP contribution in [0.5, 0.6) is 0 Å². The molecular weight excluding hydrogens is 255 g/mol. The summed E-state index contributed by atoms with van der Waals surface area (Å²) >= 11 is 0. The van der Waals surface area contributed by atoms with Gasteiger partial charge in [0.25, 0.3) is 0 Å². The molecule has 1 aromatic carbocycles. The predicted octanol–water partition coefficient (Wildman–Crippen LogP) is 2.71. The van der Waals surface area contributed by atoms with Crippen LogP contribution in [0.1, 0.15) is 37.7 Å². The molecular formula is C16H23FN2O. The summed E-state index contributed by atoms with van der Waals surface area (Å²) in [7, 11) is 1.85. The number of hydrogen-bond acceptors (Lipinski definition) is 2. The van der Waals surface area contributed by atoms with E-state index in [2.05, 4.69) is 5.32 Å². The highest BCUT2D eigenvalue weighted by molar-refractivity contribution is 5.76. The van der Waals surface area contributed by atoms with Gasteiger partial charge in [0.15, 0.2) is 0 Å². The molecule has 0 bridgehead atoms. The van der Waals surface area contributed by atoms with Crippen molar-refractivity contribution in [1.82, 2.24) is 10.2 Å². The Morgan fingerprint density at radius 3 is 2.80 bits per heavy atom. The number of carbonyl (C=O) groups is 1. The summed E-state index contributed by atoms with van der Waals surface area (Å²) in [6.07, 6.45) is 5.01. The molecule has 0 atom stereocenters. The van der Waals surface area contributed by atoms with E-state index in [-0.39, 0.29) is 11.7 Å². The Hall–Kier alpha value is -1.42. The molecule has 0 spiro atoms. The van der Waals surface area contributed by atoms with Gasteiger partial charge in [-0.25, -0.2) is 4.39 Å². The monoisotopic (exact) mass is 278 g/mol. The SMILES string of the molecule is CNCCC(=O)N(Cc1cccc(F)c1)C1CCCC1. The minimum atomic E-state index is -0.239. The van der Waals surface area contributed by atoms with Crippen LogP contribution in [0.2, 0.25) is 0 Å².